The predicted octanol–water partition coefficient (Wildman–Crippen LogP) is 1.35. The van der Waals surface area contributed by atoms with Crippen molar-refractivity contribution in [2.75, 3.05) is 13.1 Å². The Hall–Kier alpha value is -0.808. The van der Waals surface area contributed by atoms with E-state index in [4.69, 9.17) is 23.3 Å². The average Bonchev–Trinajstić information content (AvgIpc) is 2.51. The van der Waals surface area contributed by atoms with E-state index in [0.717, 1.165) is 13.1 Å². The summed E-state index contributed by atoms with van der Waals surface area (Å²) < 4.78 is 37.5. The molecule has 0 aliphatic carbocycles. The summed E-state index contributed by atoms with van der Waals surface area (Å²) in [5, 5.41) is 4.18. The molecule has 0 spiro atoms. The molecule has 0 unspecified atom stereocenters. The van der Waals surface area contributed by atoms with E-state index in [9.17, 15) is 0 Å². The van der Waals surface area contributed by atoms with Crippen molar-refractivity contribution >= 4 is 0 Å². The number of nitrogens with zero attached hydrogens (tertiary/aromatic N) is 1. The summed E-state index contributed by atoms with van der Waals surface area (Å²) in [4.78, 5) is 0. The normalized spacial score (nSPS) is 9.06. The molecule has 0 saturated carbocycles. The molecule has 92 valence electrons. The van der Waals surface area contributed by atoms with E-state index in [1.807, 2.05) is 0 Å². The molecule has 1 fully saturated rings. The predicted molar refractivity (Wildman–Crippen MR) is 46.6 cm³/mol. The summed E-state index contributed by atoms with van der Waals surface area (Å²) in [6, 6.07) is 0. The van der Waals surface area contributed by atoms with Crippen LogP contribution in [0.5, 0.6) is 0 Å². The molecular weight excluding hydrogens is 266 g/mol. The van der Waals surface area contributed by atoms with Crippen LogP contribution in [0.1, 0.15) is 19.3 Å². The van der Waals surface area contributed by atoms with Crippen LogP contribution in [0, 0.1) is 33.3 Å². The fourth-order valence-electron chi connectivity index (χ4n) is 0.736. The van der Waals surface area contributed by atoms with Crippen LogP contribution in [-0.4, -0.2) is 13.1 Å². The van der Waals surface area contributed by atoms with Gasteiger partial charge in [-0.3, -0.25) is 0 Å². The second kappa shape index (κ2) is 114. The average molecular weight is 276 g/mol. The van der Waals surface area contributed by atoms with Gasteiger partial charge in [0.1, 0.15) is 0 Å². The largest absolute Gasteiger partial charge is 0 e. The summed E-state index contributed by atoms with van der Waals surface area (Å²) in [5.74, 6) is 0. The molecule has 0 aromatic carbocycles. The Labute approximate surface area is 112 Å². The fraction of sp³-hybridized carbons (Fsp3) is 0.500. The van der Waals surface area contributed by atoms with Crippen molar-refractivity contribution in [3.05, 3.63) is 38.6 Å². The first-order chi connectivity index (χ1) is 8.00. The first kappa shape index (κ1) is 36.0. The van der Waals surface area contributed by atoms with Gasteiger partial charge in [0.2, 0.25) is 0 Å². The molecular formula is C10H10CrNO5-. The molecule has 7 heteroatoms. The van der Waals surface area contributed by atoms with Crippen LogP contribution in [0.2, 0.25) is 0 Å². The summed E-state index contributed by atoms with van der Waals surface area (Å²) >= 11 is 0. The maximum absolute atomic E-state index is 7.50. The Morgan fingerprint density at radius 3 is 0.824 bits per heavy atom. The molecule has 0 aromatic rings. The zero-order valence-electron chi connectivity index (χ0n) is 8.93. The third-order valence-corrected chi connectivity index (χ3v) is 1.13. The van der Waals surface area contributed by atoms with Gasteiger partial charge in [-0.2, -0.15) is 0 Å². The molecule has 0 bridgehead atoms. The van der Waals surface area contributed by atoms with Crippen molar-refractivity contribution in [1.82, 2.24) is 0 Å². The molecule has 17 heavy (non-hydrogen) atoms. The molecule has 0 aromatic heterocycles. The van der Waals surface area contributed by atoms with Crippen LogP contribution >= 0.6 is 0 Å². The minimum Gasteiger partial charge on any atom is 0 e. The Balaban J connectivity index is -0.0000000242. The number of piperidine rings is 1. The monoisotopic (exact) mass is 276 g/mol. The number of hydrogen-bond donors (Lipinski definition) is 0. The van der Waals surface area contributed by atoms with E-state index in [1.54, 1.807) is 0 Å². The SMILES string of the molecule is C1CC[N-]CC1.[C-]#[O+].[C-]#[O+].[C-]#[O+].[C-]#[O+].[C-]#[O+].[Cr]. The first-order valence-corrected chi connectivity index (χ1v) is 3.65. The zero-order valence-corrected chi connectivity index (χ0v) is 10.2. The van der Waals surface area contributed by atoms with E-state index in [0.29, 0.717) is 0 Å². The van der Waals surface area contributed by atoms with Crippen molar-refractivity contribution in [3.8, 4) is 0 Å². The molecule has 1 saturated heterocycles. The third kappa shape index (κ3) is 98.1. The second-order valence-electron chi connectivity index (χ2n) is 1.73. The van der Waals surface area contributed by atoms with Gasteiger partial charge in [-0.25, -0.2) is 0 Å². The Morgan fingerprint density at radius 1 is 0.529 bits per heavy atom. The van der Waals surface area contributed by atoms with Crippen molar-refractivity contribution in [3.63, 3.8) is 0 Å². The van der Waals surface area contributed by atoms with Crippen LogP contribution < -0.4 is 0 Å². The van der Waals surface area contributed by atoms with Gasteiger partial charge in [0.05, 0.1) is 0 Å². The number of rotatable bonds is 0. The fourth-order valence-corrected chi connectivity index (χ4v) is 0.736. The van der Waals surface area contributed by atoms with Crippen LogP contribution in [0.4, 0.5) is 0 Å². The van der Waals surface area contributed by atoms with E-state index in [-0.39, 0.29) is 17.4 Å². The standard InChI is InChI=1S/C5H10N.5CO.Cr/c1-2-4-6-5-3-1;5*1-2;/h1-5H2;;;;;;/q-1;;;;;;. The third-order valence-electron chi connectivity index (χ3n) is 1.13. The van der Waals surface area contributed by atoms with E-state index < -0.39 is 0 Å². The van der Waals surface area contributed by atoms with Crippen molar-refractivity contribution in [1.29, 1.82) is 0 Å². The van der Waals surface area contributed by atoms with E-state index in [2.05, 4.69) is 38.6 Å². The van der Waals surface area contributed by atoms with Gasteiger partial charge in [0, 0.05) is 17.4 Å². The van der Waals surface area contributed by atoms with Crippen LogP contribution in [-0.2, 0) is 40.6 Å². The summed E-state index contributed by atoms with van der Waals surface area (Å²) in [6.07, 6.45) is 4.07. The molecule has 0 atom stereocenters. The van der Waals surface area contributed by atoms with Gasteiger partial charge in [-0.05, 0) is 0 Å². The van der Waals surface area contributed by atoms with Gasteiger partial charge >= 0.3 is 56.5 Å². The maximum Gasteiger partial charge on any atom is 0 e. The number of hydrogen-bond acceptors (Lipinski definition) is 0. The molecule has 1 heterocycles. The smallest absolute Gasteiger partial charge is 0 e. The maximum atomic E-state index is 7.50. The molecule has 0 amide bonds. The molecule has 1 rings (SSSR count). The van der Waals surface area contributed by atoms with Crippen LogP contribution in [0.25, 0.3) is 5.32 Å². The molecule has 1 aliphatic heterocycles. The molecule has 6 nitrogen and oxygen atoms in total. The summed E-state index contributed by atoms with van der Waals surface area (Å²) in [5.41, 5.74) is 0. The molecule has 0 radical (unpaired) electrons. The molecule has 1 aliphatic rings. The minimum atomic E-state index is 0. The van der Waals surface area contributed by atoms with Crippen LogP contribution in [0.3, 0.4) is 0 Å². The van der Waals surface area contributed by atoms with Crippen LogP contribution in [0.15, 0.2) is 0 Å². The Morgan fingerprint density at radius 2 is 0.765 bits per heavy atom. The quantitative estimate of drug-likeness (QED) is 0.469. The van der Waals surface area contributed by atoms with Gasteiger partial charge in [0.25, 0.3) is 0 Å². The Bertz CT molecular complexity index is 135. The Kier molecular flexibility index (Phi) is 240. The summed E-state index contributed by atoms with van der Waals surface area (Å²) in [7, 11) is 0. The van der Waals surface area contributed by atoms with Crippen molar-refractivity contribution in [2.24, 2.45) is 0 Å². The van der Waals surface area contributed by atoms with Gasteiger partial charge < -0.3 is 5.32 Å². The van der Waals surface area contributed by atoms with E-state index >= 15 is 0 Å². The van der Waals surface area contributed by atoms with Crippen molar-refractivity contribution < 1.29 is 40.6 Å². The van der Waals surface area contributed by atoms with Gasteiger partial charge in [-0.15, -0.1) is 13.1 Å². The minimum absolute atomic E-state index is 0. The summed E-state index contributed by atoms with van der Waals surface area (Å²) in [6.45, 7) is 24.8. The van der Waals surface area contributed by atoms with Crippen molar-refractivity contribution in [2.45, 2.75) is 19.3 Å². The van der Waals surface area contributed by atoms with Gasteiger partial charge in [-0.1, -0.05) is 19.3 Å². The van der Waals surface area contributed by atoms with Gasteiger partial charge in [0.15, 0.2) is 0 Å². The molecule has 0 N–H and O–H groups in total. The first-order valence-electron chi connectivity index (χ1n) is 3.65. The second-order valence-corrected chi connectivity index (χ2v) is 1.73. The topological polar surface area (TPSA) is 114 Å². The zero-order chi connectivity index (χ0) is 14.2. The van der Waals surface area contributed by atoms with E-state index in [1.165, 1.54) is 19.3 Å².